The van der Waals surface area contributed by atoms with Crippen LogP contribution >= 0.6 is 0 Å². The van der Waals surface area contributed by atoms with Crippen molar-refractivity contribution in [1.82, 2.24) is 0 Å². The molecule has 0 spiro atoms. The Morgan fingerprint density at radius 3 is 2.65 bits per heavy atom. The quantitative estimate of drug-likeness (QED) is 0.593. The van der Waals surface area contributed by atoms with Crippen LogP contribution in [0.25, 0.3) is 0 Å². The van der Waals surface area contributed by atoms with Crippen molar-refractivity contribution < 1.29 is 19.0 Å². The van der Waals surface area contributed by atoms with E-state index in [0.29, 0.717) is 5.75 Å². The summed E-state index contributed by atoms with van der Waals surface area (Å²) in [4.78, 5) is 11.9. The first kappa shape index (κ1) is 13.7. The van der Waals surface area contributed by atoms with E-state index in [1.54, 1.807) is 6.07 Å². The summed E-state index contributed by atoms with van der Waals surface area (Å²) in [6.45, 7) is 0. The SMILES string of the molecule is COc1ccc(NC(=O)c2ccc(N)cc2F)c(O)c1. The number of aromatic hydroxyl groups is 1. The van der Waals surface area contributed by atoms with Crippen LogP contribution in [0.5, 0.6) is 11.5 Å². The van der Waals surface area contributed by atoms with Gasteiger partial charge in [-0.25, -0.2) is 4.39 Å². The number of phenols is 1. The lowest BCUT2D eigenvalue weighted by atomic mass is 10.1. The number of nitrogens with two attached hydrogens (primary N) is 1. The van der Waals surface area contributed by atoms with Crippen LogP contribution in [0.1, 0.15) is 10.4 Å². The number of rotatable bonds is 3. The van der Waals surface area contributed by atoms with Gasteiger partial charge in [-0.15, -0.1) is 0 Å². The van der Waals surface area contributed by atoms with Gasteiger partial charge in [0.15, 0.2) is 0 Å². The zero-order valence-electron chi connectivity index (χ0n) is 10.7. The molecule has 0 aliphatic heterocycles. The molecule has 4 N–H and O–H groups in total. The minimum atomic E-state index is -0.726. The number of ether oxygens (including phenoxy) is 1. The van der Waals surface area contributed by atoms with E-state index in [0.717, 1.165) is 6.07 Å². The van der Waals surface area contributed by atoms with Gasteiger partial charge in [-0.05, 0) is 30.3 Å². The molecule has 0 radical (unpaired) electrons. The molecule has 0 saturated heterocycles. The lowest BCUT2D eigenvalue weighted by Crippen LogP contribution is -2.14. The molecule has 20 heavy (non-hydrogen) atoms. The van der Waals surface area contributed by atoms with Gasteiger partial charge in [0.25, 0.3) is 5.91 Å². The molecular formula is C14H13FN2O3. The number of halogens is 1. The molecule has 0 aliphatic rings. The highest BCUT2D eigenvalue weighted by molar-refractivity contribution is 6.05. The molecule has 2 aromatic carbocycles. The summed E-state index contributed by atoms with van der Waals surface area (Å²) in [6.07, 6.45) is 0. The second kappa shape index (κ2) is 5.48. The number of benzene rings is 2. The fourth-order valence-corrected chi connectivity index (χ4v) is 1.65. The Labute approximate surface area is 114 Å². The number of hydrogen-bond acceptors (Lipinski definition) is 4. The maximum atomic E-state index is 13.6. The summed E-state index contributed by atoms with van der Waals surface area (Å²) in [7, 11) is 1.46. The summed E-state index contributed by atoms with van der Waals surface area (Å²) in [6, 6.07) is 8.13. The van der Waals surface area contributed by atoms with E-state index in [4.69, 9.17) is 10.5 Å². The van der Waals surface area contributed by atoms with Crippen molar-refractivity contribution in [2.24, 2.45) is 0 Å². The van der Waals surface area contributed by atoms with Crippen LogP contribution in [0.2, 0.25) is 0 Å². The largest absolute Gasteiger partial charge is 0.506 e. The van der Waals surface area contributed by atoms with E-state index in [1.807, 2.05) is 0 Å². The second-order valence-corrected chi connectivity index (χ2v) is 4.08. The fourth-order valence-electron chi connectivity index (χ4n) is 1.65. The lowest BCUT2D eigenvalue weighted by Gasteiger charge is -2.09. The number of nitrogen functional groups attached to an aromatic ring is 1. The number of amides is 1. The predicted octanol–water partition coefficient (Wildman–Crippen LogP) is 2.37. The summed E-state index contributed by atoms with van der Waals surface area (Å²) >= 11 is 0. The first-order valence-electron chi connectivity index (χ1n) is 5.74. The van der Waals surface area contributed by atoms with E-state index in [9.17, 15) is 14.3 Å². The maximum absolute atomic E-state index is 13.6. The molecule has 6 heteroatoms. The lowest BCUT2D eigenvalue weighted by molar-refractivity contribution is 0.102. The molecule has 104 valence electrons. The maximum Gasteiger partial charge on any atom is 0.258 e. The van der Waals surface area contributed by atoms with Gasteiger partial charge in [0.1, 0.15) is 17.3 Å². The third-order valence-electron chi connectivity index (χ3n) is 2.69. The minimum absolute atomic E-state index is 0.158. The molecule has 0 bridgehead atoms. The van der Waals surface area contributed by atoms with Crippen LogP contribution in [0.4, 0.5) is 15.8 Å². The molecule has 0 fully saturated rings. The standard InChI is InChI=1S/C14H13FN2O3/c1-20-9-3-5-12(13(18)7-9)17-14(19)10-4-2-8(16)6-11(10)15/h2-7,18H,16H2,1H3,(H,17,19). The number of nitrogens with one attached hydrogen (secondary N) is 1. The van der Waals surface area contributed by atoms with Crippen LogP contribution in [-0.2, 0) is 0 Å². The Hall–Kier alpha value is -2.76. The van der Waals surface area contributed by atoms with Crippen molar-refractivity contribution in [3.8, 4) is 11.5 Å². The molecule has 0 atom stereocenters. The summed E-state index contributed by atoms with van der Waals surface area (Å²) in [5.41, 5.74) is 5.64. The van der Waals surface area contributed by atoms with Crippen molar-refractivity contribution in [3.63, 3.8) is 0 Å². The molecule has 0 saturated carbocycles. The van der Waals surface area contributed by atoms with Gasteiger partial charge in [0.05, 0.1) is 18.4 Å². The van der Waals surface area contributed by atoms with Crippen molar-refractivity contribution >= 4 is 17.3 Å². The molecule has 1 amide bonds. The smallest absolute Gasteiger partial charge is 0.258 e. The zero-order chi connectivity index (χ0) is 14.7. The molecule has 2 aromatic rings. The number of carbonyl (C=O) groups excluding carboxylic acids is 1. The van der Waals surface area contributed by atoms with Gasteiger partial charge in [-0.3, -0.25) is 4.79 Å². The van der Waals surface area contributed by atoms with Crippen LogP contribution < -0.4 is 15.8 Å². The number of methoxy groups -OCH3 is 1. The predicted molar refractivity (Wildman–Crippen MR) is 73.4 cm³/mol. The highest BCUT2D eigenvalue weighted by atomic mass is 19.1. The number of anilines is 2. The molecule has 0 heterocycles. The Bertz CT molecular complexity index is 659. The van der Waals surface area contributed by atoms with E-state index in [-0.39, 0.29) is 22.7 Å². The van der Waals surface area contributed by atoms with Gasteiger partial charge in [0, 0.05) is 11.8 Å². The van der Waals surface area contributed by atoms with Crippen molar-refractivity contribution in [2.75, 3.05) is 18.2 Å². The number of carbonyl (C=O) groups is 1. The molecule has 0 aliphatic carbocycles. The van der Waals surface area contributed by atoms with Crippen LogP contribution in [0, 0.1) is 5.82 Å². The van der Waals surface area contributed by atoms with E-state index in [1.165, 1.54) is 31.4 Å². The summed E-state index contributed by atoms with van der Waals surface area (Å²) in [5.74, 6) is -1.13. The topological polar surface area (TPSA) is 84.6 Å². The monoisotopic (exact) mass is 276 g/mol. The van der Waals surface area contributed by atoms with Gasteiger partial charge in [-0.1, -0.05) is 0 Å². The highest BCUT2D eigenvalue weighted by Crippen LogP contribution is 2.28. The van der Waals surface area contributed by atoms with Crippen LogP contribution in [-0.4, -0.2) is 18.1 Å². The van der Waals surface area contributed by atoms with Crippen LogP contribution in [0.15, 0.2) is 36.4 Å². The molecule has 5 nitrogen and oxygen atoms in total. The van der Waals surface area contributed by atoms with Gasteiger partial charge in [-0.2, -0.15) is 0 Å². The van der Waals surface area contributed by atoms with Crippen molar-refractivity contribution in [2.45, 2.75) is 0 Å². The fraction of sp³-hybridized carbons (Fsp3) is 0.0714. The van der Waals surface area contributed by atoms with E-state index < -0.39 is 11.7 Å². The molecular weight excluding hydrogens is 263 g/mol. The van der Waals surface area contributed by atoms with Gasteiger partial charge in [0.2, 0.25) is 0 Å². The number of hydrogen-bond donors (Lipinski definition) is 3. The third kappa shape index (κ3) is 2.80. The summed E-state index contributed by atoms with van der Waals surface area (Å²) in [5, 5.41) is 12.1. The van der Waals surface area contributed by atoms with E-state index in [2.05, 4.69) is 5.32 Å². The first-order valence-corrected chi connectivity index (χ1v) is 5.74. The average molecular weight is 276 g/mol. The van der Waals surface area contributed by atoms with Crippen molar-refractivity contribution in [1.29, 1.82) is 0 Å². The average Bonchev–Trinajstić information content (AvgIpc) is 2.40. The third-order valence-corrected chi connectivity index (χ3v) is 2.69. The first-order chi connectivity index (χ1) is 9.51. The Kier molecular flexibility index (Phi) is 3.74. The molecule has 2 rings (SSSR count). The Balaban J connectivity index is 2.23. The normalized spacial score (nSPS) is 10.1. The van der Waals surface area contributed by atoms with Crippen molar-refractivity contribution in [3.05, 3.63) is 47.8 Å². The van der Waals surface area contributed by atoms with Crippen LogP contribution in [0.3, 0.4) is 0 Å². The summed E-state index contributed by atoms with van der Waals surface area (Å²) < 4.78 is 18.5. The second-order valence-electron chi connectivity index (χ2n) is 4.08. The molecule has 0 unspecified atom stereocenters. The van der Waals surface area contributed by atoms with Gasteiger partial charge < -0.3 is 20.9 Å². The van der Waals surface area contributed by atoms with E-state index >= 15 is 0 Å². The Morgan fingerprint density at radius 2 is 2.05 bits per heavy atom. The zero-order valence-corrected chi connectivity index (χ0v) is 10.7. The Morgan fingerprint density at radius 1 is 1.30 bits per heavy atom. The minimum Gasteiger partial charge on any atom is -0.506 e. The number of phenolic OH excluding ortho intramolecular Hbond substituents is 1. The van der Waals surface area contributed by atoms with Gasteiger partial charge >= 0.3 is 0 Å². The molecule has 0 aromatic heterocycles. The highest BCUT2D eigenvalue weighted by Gasteiger charge is 2.14.